The van der Waals surface area contributed by atoms with E-state index in [2.05, 4.69) is 24.4 Å². The van der Waals surface area contributed by atoms with Gasteiger partial charge in [-0.15, -0.1) is 11.3 Å². The van der Waals surface area contributed by atoms with E-state index >= 15 is 0 Å². The van der Waals surface area contributed by atoms with Crippen molar-refractivity contribution in [1.82, 2.24) is 0 Å². The molecular formula is C14H18N2O2S2. The molecule has 0 radical (unpaired) electrons. The van der Waals surface area contributed by atoms with Gasteiger partial charge in [0.1, 0.15) is 4.90 Å². The summed E-state index contributed by atoms with van der Waals surface area (Å²) in [5, 5.41) is 8.45. The lowest BCUT2D eigenvalue weighted by atomic mass is 10.2. The molecule has 3 N–H and O–H groups in total. The van der Waals surface area contributed by atoms with Crippen LogP contribution >= 0.6 is 11.3 Å². The molecule has 1 aromatic heterocycles. The highest BCUT2D eigenvalue weighted by Gasteiger charge is 2.15. The second-order valence-electron chi connectivity index (χ2n) is 4.80. The van der Waals surface area contributed by atoms with Crippen molar-refractivity contribution < 1.29 is 8.42 Å². The fourth-order valence-corrected chi connectivity index (χ4v) is 3.77. The molecular weight excluding hydrogens is 292 g/mol. The van der Waals surface area contributed by atoms with Crippen LogP contribution in [-0.2, 0) is 16.4 Å². The molecule has 0 spiro atoms. The van der Waals surface area contributed by atoms with Crippen LogP contribution in [0.25, 0.3) is 0 Å². The van der Waals surface area contributed by atoms with Crippen molar-refractivity contribution in [2.75, 3.05) is 5.32 Å². The highest BCUT2D eigenvalue weighted by molar-refractivity contribution is 7.89. The predicted molar refractivity (Wildman–Crippen MR) is 83.7 cm³/mol. The fourth-order valence-electron chi connectivity index (χ4n) is 2.05. The Morgan fingerprint density at radius 1 is 1.25 bits per heavy atom. The molecule has 0 amide bonds. The summed E-state index contributed by atoms with van der Waals surface area (Å²) in [6, 6.07) is 11.0. The van der Waals surface area contributed by atoms with Gasteiger partial charge in [-0.05, 0) is 38.1 Å². The first-order chi connectivity index (χ1) is 9.36. The number of rotatable bonds is 5. The Bertz CT molecular complexity index is 693. The van der Waals surface area contributed by atoms with E-state index in [4.69, 9.17) is 5.14 Å². The van der Waals surface area contributed by atoms with Crippen LogP contribution in [-0.4, -0.2) is 14.5 Å². The topological polar surface area (TPSA) is 72.2 Å². The average molecular weight is 310 g/mol. The van der Waals surface area contributed by atoms with E-state index in [9.17, 15) is 8.42 Å². The van der Waals surface area contributed by atoms with E-state index in [0.717, 1.165) is 6.42 Å². The number of sulfonamides is 1. The molecule has 20 heavy (non-hydrogen) atoms. The number of benzene rings is 1. The Morgan fingerprint density at radius 2 is 1.95 bits per heavy atom. The minimum absolute atomic E-state index is 0.121. The molecule has 1 aromatic carbocycles. The summed E-state index contributed by atoms with van der Waals surface area (Å²) in [5.41, 5.74) is 0.552. The second kappa shape index (κ2) is 5.95. The largest absolute Gasteiger partial charge is 0.381 e. The molecule has 0 saturated carbocycles. The number of thiophene rings is 1. The van der Waals surface area contributed by atoms with E-state index in [0.29, 0.717) is 5.69 Å². The molecule has 0 aliphatic heterocycles. The Labute approximate surface area is 123 Å². The summed E-state index contributed by atoms with van der Waals surface area (Å²) >= 11 is 1.75. The van der Waals surface area contributed by atoms with Crippen molar-refractivity contribution >= 4 is 27.0 Å². The molecule has 0 fully saturated rings. The number of nitrogens with two attached hydrogens (primary N) is 1. The van der Waals surface area contributed by atoms with Gasteiger partial charge in [-0.3, -0.25) is 0 Å². The van der Waals surface area contributed by atoms with Gasteiger partial charge in [0.15, 0.2) is 0 Å². The molecule has 0 saturated heterocycles. The normalized spacial score (nSPS) is 13.2. The van der Waals surface area contributed by atoms with Crippen molar-refractivity contribution in [3.63, 3.8) is 0 Å². The molecule has 1 atom stereocenters. The Morgan fingerprint density at radius 3 is 2.55 bits per heavy atom. The van der Waals surface area contributed by atoms with Crippen LogP contribution in [0, 0.1) is 6.92 Å². The molecule has 2 rings (SSSR count). The third-order valence-electron chi connectivity index (χ3n) is 2.90. The first kappa shape index (κ1) is 15.0. The Balaban J connectivity index is 2.14. The smallest absolute Gasteiger partial charge is 0.240 e. The summed E-state index contributed by atoms with van der Waals surface area (Å²) < 4.78 is 23.1. The van der Waals surface area contributed by atoms with Crippen LogP contribution in [0.5, 0.6) is 0 Å². The zero-order valence-electron chi connectivity index (χ0n) is 11.5. The monoisotopic (exact) mass is 310 g/mol. The van der Waals surface area contributed by atoms with Gasteiger partial charge in [0, 0.05) is 22.2 Å². The van der Waals surface area contributed by atoms with Crippen LogP contribution in [0.2, 0.25) is 0 Å². The van der Waals surface area contributed by atoms with Gasteiger partial charge in [-0.25, -0.2) is 13.6 Å². The molecule has 1 unspecified atom stereocenters. The van der Waals surface area contributed by atoms with Gasteiger partial charge in [-0.1, -0.05) is 12.1 Å². The summed E-state index contributed by atoms with van der Waals surface area (Å²) in [6.45, 7) is 4.09. The van der Waals surface area contributed by atoms with Crippen molar-refractivity contribution in [2.45, 2.75) is 31.2 Å². The van der Waals surface area contributed by atoms with Gasteiger partial charge < -0.3 is 5.32 Å². The molecule has 1 heterocycles. The highest BCUT2D eigenvalue weighted by atomic mass is 32.2. The second-order valence-corrected chi connectivity index (χ2v) is 7.71. The van der Waals surface area contributed by atoms with Gasteiger partial charge in [-0.2, -0.15) is 0 Å². The van der Waals surface area contributed by atoms with Gasteiger partial charge >= 0.3 is 0 Å². The molecule has 0 bridgehead atoms. The van der Waals surface area contributed by atoms with E-state index in [1.165, 1.54) is 15.8 Å². The third-order valence-corrected chi connectivity index (χ3v) is 4.89. The first-order valence-electron chi connectivity index (χ1n) is 6.30. The fraction of sp³-hybridized carbons (Fsp3) is 0.286. The SMILES string of the molecule is Cc1ccc(CC(C)Nc2ccccc2S(N)(=O)=O)s1. The standard InChI is InChI=1S/C14H18N2O2S2/c1-10(9-12-8-7-11(2)19-12)16-13-5-3-4-6-14(13)20(15,17)18/h3-8,10,16H,9H2,1-2H3,(H2,15,17,18). The minimum atomic E-state index is -3.71. The van der Waals surface area contributed by atoms with Crippen molar-refractivity contribution in [1.29, 1.82) is 0 Å². The lowest BCUT2D eigenvalue weighted by Gasteiger charge is -2.16. The number of primary sulfonamides is 1. The number of anilines is 1. The maximum atomic E-state index is 11.5. The van der Waals surface area contributed by atoms with Crippen LogP contribution < -0.4 is 10.5 Å². The molecule has 0 aliphatic carbocycles. The van der Waals surface area contributed by atoms with Gasteiger partial charge in [0.05, 0.1) is 5.69 Å². The highest BCUT2D eigenvalue weighted by Crippen LogP contribution is 2.22. The van der Waals surface area contributed by atoms with Crippen LogP contribution in [0.3, 0.4) is 0 Å². The number of hydrogen-bond donors (Lipinski definition) is 2. The Hall–Kier alpha value is -1.37. The predicted octanol–water partition coefficient (Wildman–Crippen LogP) is 2.75. The number of aryl methyl sites for hydroxylation is 1. The zero-order valence-corrected chi connectivity index (χ0v) is 13.1. The molecule has 4 nitrogen and oxygen atoms in total. The lowest BCUT2D eigenvalue weighted by Crippen LogP contribution is -2.21. The van der Waals surface area contributed by atoms with Gasteiger partial charge in [0.25, 0.3) is 0 Å². The zero-order chi connectivity index (χ0) is 14.8. The van der Waals surface area contributed by atoms with E-state index in [1.54, 1.807) is 29.5 Å². The van der Waals surface area contributed by atoms with Crippen LogP contribution in [0.1, 0.15) is 16.7 Å². The summed E-state index contributed by atoms with van der Waals surface area (Å²) in [6.07, 6.45) is 0.845. The van der Waals surface area contributed by atoms with Gasteiger partial charge in [0.2, 0.25) is 10.0 Å². The van der Waals surface area contributed by atoms with Crippen molar-refractivity contribution in [3.8, 4) is 0 Å². The average Bonchev–Trinajstić information content (AvgIpc) is 2.73. The molecule has 0 aliphatic rings. The first-order valence-corrected chi connectivity index (χ1v) is 8.66. The molecule has 108 valence electrons. The number of nitrogens with one attached hydrogen (secondary N) is 1. The molecule has 6 heteroatoms. The van der Waals surface area contributed by atoms with Crippen molar-refractivity contribution in [3.05, 3.63) is 46.2 Å². The van der Waals surface area contributed by atoms with E-state index < -0.39 is 10.0 Å². The van der Waals surface area contributed by atoms with Crippen LogP contribution in [0.15, 0.2) is 41.3 Å². The van der Waals surface area contributed by atoms with Crippen molar-refractivity contribution in [2.24, 2.45) is 5.14 Å². The number of para-hydroxylation sites is 1. The maximum Gasteiger partial charge on any atom is 0.240 e. The lowest BCUT2D eigenvalue weighted by molar-refractivity contribution is 0.598. The molecule has 2 aromatic rings. The third kappa shape index (κ3) is 3.82. The number of hydrogen-bond acceptors (Lipinski definition) is 4. The van der Waals surface area contributed by atoms with E-state index in [1.807, 2.05) is 6.92 Å². The van der Waals surface area contributed by atoms with Crippen LogP contribution in [0.4, 0.5) is 5.69 Å². The summed E-state index contributed by atoms with van der Waals surface area (Å²) in [7, 11) is -3.71. The minimum Gasteiger partial charge on any atom is -0.381 e. The summed E-state index contributed by atoms with van der Waals surface area (Å²) in [5.74, 6) is 0. The quantitative estimate of drug-likeness (QED) is 0.892. The summed E-state index contributed by atoms with van der Waals surface area (Å²) in [4.78, 5) is 2.68. The maximum absolute atomic E-state index is 11.5. The van der Waals surface area contributed by atoms with E-state index in [-0.39, 0.29) is 10.9 Å². The Kier molecular flexibility index (Phi) is 4.47.